The van der Waals surface area contributed by atoms with Gasteiger partial charge in [-0.15, -0.1) is 0 Å². The summed E-state index contributed by atoms with van der Waals surface area (Å²) in [4.78, 5) is 16.3. The lowest BCUT2D eigenvalue weighted by Gasteiger charge is -2.19. The number of likely N-dealkylation sites (N-methyl/N-ethyl adjacent to an activating group) is 1. The Morgan fingerprint density at radius 2 is 2.20 bits per heavy atom. The summed E-state index contributed by atoms with van der Waals surface area (Å²) < 4.78 is 0. The van der Waals surface area contributed by atoms with E-state index in [0.29, 0.717) is 12.4 Å². The first-order valence-electron chi connectivity index (χ1n) is 6.64. The normalized spacial score (nSPS) is 10.3. The van der Waals surface area contributed by atoms with Gasteiger partial charge in [-0.2, -0.15) is 5.26 Å². The van der Waals surface area contributed by atoms with Crippen molar-refractivity contribution in [2.75, 3.05) is 31.5 Å². The summed E-state index contributed by atoms with van der Waals surface area (Å²) in [7, 11) is 0. The number of nitrogens with zero attached hydrogens (tertiary/aromatic N) is 4. The highest BCUT2D eigenvalue weighted by Gasteiger charge is 2.15. The van der Waals surface area contributed by atoms with E-state index in [1.165, 1.54) is 12.1 Å². The van der Waals surface area contributed by atoms with Gasteiger partial charge in [-0.05, 0) is 25.6 Å². The van der Waals surface area contributed by atoms with E-state index in [4.69, 9.17) is 5.26 Å². The molecule has 1 N–H and O–H groups in total. The summed E-state index contributed by atoms with van der Waals surface area (Å²) in [6.45, 7) is 7.80. The van der Waals surface area contributed by atoms with Crippen LogP contribution in [0.5, 0.6) is 0 Å². The molecule has 0 bridgehead atoms. The van der Waals surface area contributed by atoms with Crippen molar-refractivity contribution in [2.45, 2.75) is 20.3 Å². The Morgan fingerprint density at radius 1 is 1.45 bits per heavy atom. The van der Waals surface area contributed by atoms with Crippen molar-refractivity contribution in [3.8, 4) is 6.07 Å². The van der Waals surface area contributed by atoms with E-state index < -0.39 is 4.92 Å². The van der Waals surface area contributed by atoms with Gasteiger partial charge in [0.05, 0.1) is 4.92 Å². The highest BCUT2D eigenvalue weighted by molar-refractivity contribution is 5.50. The van der Waals surface area contributed by atoms with Crippen molar-refractivity contribution in [3.63, 3.8) is 0 Å². The Labute approximate surface area is 118 Å². The second-order valence-corrected chi connectivity index (χ2v) is 4.29. The number of anilines is 1. The minimum Gasteiger partial charge on any atom is -0.369 e. The molecule has 1 rings (SSSR count). The second kappa shape index (κ2) is 8.07. The van der Waals surface area contributed by atoms with Crippen LogP contribution >= 0.6 is 0 Å². The second-order valence-electron chi connectivity index (χ2n) is 4.29. The topological polar surface area (TPSA) is 95.1 Å². The summed E-state index contributed by atoms with van der Waals surface area (Å²) in [6.07, 6.45) is 1.10. The Morgan fingerprint density at radius 3 is 2.75 bits per heavy atom. The third-order valence-electron chi connectivity index (χ3n) is 2.90. The van der Waals surface area contributed by atoms with Gasteiger partial charge in [-0.3, -0.25) is 10.1 Å². The van der Waals surface area contributed by atoms with Crippen LogP contribution in [0.3, 0.4) is 0 Å². The molecule has 0 saturated carbocycles. The molecule has 7 heteroatoms. The van der Waals surface area contributed by atoms with Gasteiger partial charge in [-0.1, -0.05) is 13.8 Å². The quantitative estimate of drug-likeness (QED) is 0.577. The molecule has 1 aromatic rings. The number of pyridine rings is 1. The molecule has 0 saturated heterocycles. The predicted octanol–water partition coefficient (Wildman–Crippen LogP) is 2.01. The number of hydrogen-bond donors (Lipinski definition) is 1. The number of aromatic nitrogens is 1. The van der Waals surface area contributed by atoms with E-state index in [2.05, 4.69) is 29.0 Å². The van der Waals surface area contributed by atoms with Crippen LogP contribution in [0.2, 0.25) is 0 Å². The fourth-order valence-corrected chi connectivity index (χ4v) is 1.87. The number of nitrogens with one attached hydrogen (secondary N) is 1. The minimum atomic E-state index is -0.602. The Kier molecular flexibility index (Phi) is 6.40. The maximum Gasteiger partial charge on any atom is 0.305 e. The van der Waals surface area contributed by atoms with Gasteiger partial charge >= 0.3 is 5.69 Å². The van der Waals surface area contributed by atoms with Crippen molar-refractivity contribution in [1.82, 2.24) is 9.88 Å². The van der Waals surface area contributed by atoms with Crippen LogP contribution in [0.4, 0.5) is 11.5 Å². The number of nitro groups is 1. The molecule has 20 heavy (non-hydrogen) atoms. The molecule has 0 aliphatic heterocycles. The molecule has 0 atom stereocenters. The first-order valence-corrected chi connectivity index (χ1v) is 6.64. The maximum absolute atomic E-state index is 10.7. The van der Waals surface area contributed by atoms with Gasteiger partial charge in [0.2, 0.25) is 5.69 Å². The van der Waals surface area contributed by atoms with Crippen LogP contribution in [0, 0.1) is 21.4 Å². The van der Waals surface area contributed by atoms with E-state index in [0.717, 1.165) is 26.1 Å². The zero-order chi connectivity index (χ0) is 15.0. The van der Waals surface area contributed by atoms with Gasteiger partial charge in [0.25, 0.3) is 0 Å². The smallest absolute Gasteiger partial charge is 0.305 e. The van der Waals surface area contributed by atoms with E-state index in [1.807, 2.05) is 0 Å². The van der Waals surface area contributed by atoms with Gasteiger partial charge < -0.3 is 10.2 Å². The minimum absolute atomic E-state index is 0.166. The zero-order valence-electron chi connectivity index (χ0n) is 11.8. The summed E-state index contributed by atoms with van der Waals surface area (Å²) in [5.74, 6) is 0.486. The molecule has 0 spiro atoms. The lowest BCUT2D eigenvalue weighted by atomic mass is 10.3. The molecule has 0 aromatic carbocycles. The van der Waals surface area contributed by atoms with Crippen molar-refractivity contribution in [1.29, 1.82) is 5.26 Å². The Hall–Kier alpha value is -2.20. The van der Waals surface area contributed by atoms with Crippen LogP contribution < -0.4 is 5.32 Å². The van der Waals surface area contributed by atoms with Crippen LogP contribution in [0.25, 0.3) is 0 Å². The SMILES string of the molecule is CCCN(CC)CCNc1ccc([N+](=O)[O-])c(C#N)n1. The molecule has 0 fully saturated rings. The molecule has 0 amide bonds. The van der Waals surface area contributed by atoms with E-state index in [-0.39, 0.29) is 11.4 Å². The Balaban J connectivity index is 2.61. The van der Waals surface area contributed by atoms with Crippen LogP contribution in [0.15, 0.2) is 12.1 Å². The molecule has 0 unspecified atom stereocenters. The number of nitriles is 1. The lowest BCUT2D eigenvalue weighted by Crippen LogP contribution is -2.29. The zero-order valence-corrected chi connectivity index (χ0v) is 11.8. The highest BCUT2D eigenvalue weighted by atomic mass is 16.6. The monoisotopic (exact) mass is 277 g/mol. The molecule has 7 nitrogen and oxygen atoms in total. The van der Waals surface area contributed by atoms with Crippen molar-refractivity contribution >= 4 is 11.5 Å². The fourth-order valence-electron chi connectivity index (χ4n) is 1.87. The average molecular weight is 277 g/mol. The van der Waals surface area contributed by atoms with Crippen LogP contribution in [-0.4, -0.2) is 41.0 Å². The van der Waals surface area contributed by atoms with Crippen molar-refractivity contribution in [3.05, 3.63) is 27.9 Å². The molecule has 0 radical (unpaired) electrons. The number of rotatable bonds is 8. The maximum atomic E-state index is 10.7. The first kappa shape index (κ1) is 15.9. The van der Waals surface area contributed by atoms with E-state index in [9.17, 15) is 10.1 Å². The van der Waals surface area contributed by atoms with Crippen LogP contribution in [-0.2, 0) is 0 Å². The molecular formula is C13H19N5O2. The van der Waals surface area contributed by atoms with E-state index >= 15 is 0 Å². The van der Waals surface area contributed by atoms with Gasteiger partial charge in [-0.25, -0.2) is 4.98 Å². The lowest BCUT2D eigenvalue weighted by molar-refractivity contribution is -0.385. The summed E-state index contributed by atoms with van der Waals surface area (Å²) in [5.41, 5.74) is -0.430. The standard InChI is InChI=1S/C13H19N5O2/c1-3-8-17(4-2)9-7-15-13-6-5-12(18(19)20)11(10-14)16-13/h5-6H,3-4,7-9H2,1-2H3,(H,15,16). The largest absolute Gasteiger partial charge is 0.369 e. The first-order chi connectivity index (χ1) is 9.62. The van der Waals surface area contributed by atoms with Gasteiger partial charge in [0, 0.05) is 19.2 Å². The molecule has 108 valence electrons. The van der Waals surface area contributed by atoms with Gasteiger partial charge in [0.1, 0.15) is 11.9 Å². The molecule has 0 aliphatic rings. The molecule has 1 aromatic heterocycles. The number of hydrogen-bond acceptors (Lipinski definition) is 6. The molecule has 1 heterocycles. The van der Waals surface area contributed by atoms with Crippen molar-refractivity contribution < 1.29 is 4.92 Å². The third-order valence-corrected chi connectivity index (χ3v) is 2.90. The summed E-state index contributed by atoms with van der Waals surface area (Å²) >= 11 is 0. The van der Waals surface area contributed by atoms with Crippen LogP contribution in [0.1, 0.15) is 26.0 Å². The average Bonchev–Trinajstić information content (AvgIpc) is 2.45. The molecular weight excluding hydrogens is 258 g/mol. The Bertz CT molecular complexity index is 498. The summed E-state index contributed by atoms with van der Waals surface area (Å²) in [5, 5.41) is 22.6. The highest BCUT2D eigenvalue weighted by Crippen LogP contribution is 2.17. The van der Waals surface area contributed by atoms with Crippen molar-refractivity contribution in [2.24, 2.45) is 0 Å². The summed E-state index contributed by atoms with van der Waals surface area (Å²) in [6, 6.07) is 4.57. The molecule has 0 aliphatic carbocycles. The fraction of sp³-hybridized carbons (Fsp3) is 0.538. The third kappa shape index (κ3) is 4.48. The van der Waals surface area contributed by atoms with E-state index in [1.54, 1.807) is 6.07 Å². The predicted molar refractivity (Wildman–Crippen MR) is 76.5 cm³/mol. The van der Waals surface area contributed by atoms with Gasteiger partial charge in [0.15, 0.2) is 0 Å².